The van der Waals surface area contributed by atoms with Crippen molar-refractivity contribution in [1.82, 2.24) is 20.4 Å². The Kier molecular flexibility index (Phi) is 11.4. The van der Waals surface area contributed by atoms with E-state index in [-0.39, 0.29) is 30.5 Å². The van der Waals surface area contributed by atoms with E-state index in [1.807, 2.05) is 13.8 Å². The lowest BCUT2D eigenvalue weighted by Gasteiger charge is -2.20. The lowest BCUT2D eigenvalue weighted by atomic mass is 10.1. The summed E-state index contributed by atoms with van der Waals surface area (Å²) in [6.07, 6.45) is 0.389. The molecule has 0 saturated carbocycles. The van der Waals surface area contributed by atoms with Crippen molar-refractivity contribution in [2.45, 2.75) is 44.6 Å². The van der Waals surface area contributed by atoms with Crippen LogP contribution in [-0.4, -0.2) is 62.7 Å². The van der Waals surface area contributed by atoms with Gasteiger partial charge in [0.15, 0.2) is 0 Å². The molecule has 0 spiro atoms. The maximum Gasteiger partial charge on any atom is 0.317 e. The van der Waals surface area contributed by atoms with E-state index in [4.69, 9.17) is 9.94 Å². The van der Waals surface area contributed by atoms with Crippen LogP contribution in [0.1, 0.15) is 33.6 Å². The molecule has 0 fully saturated rings. The number of rotatable bonds is 12. The second kappa shape index (κ2) is 13.5. The predicted molar refractivity (Wildman–Crippen MR) is 115 cm³/mol. The fraction of sp³-hybridized carbons (Fsp3) is 0.500. The second-order valence-electron chi connectivity index (χ2n) is 6.38. The van der Waals surface area contributed by atoms with Gasteiger partial charge < -0.3 is 15.0 Å². The van der Waals surface area contributed by atoms with Gasteiger partial charge in [-0.15, -0.1) is 5.92 Å². The number of carbonyl (C=O) groups excluding carboxylic acids is 2. The highest BCUT2D eigenvalue weighted by Gasteiger charge is 2.25. The van der Waals surface area contributed by atoms with E-state index in [9.17, 15) is 18.0 Å². The first-order chi connectivity index (χ1) is 14.8. The van der Waals surface area contributed by atoms with Crippen molar-refractivity contribution in [1.29, 1.82) is 0 Å². The Morgan fingerprint density at radius 2 is 1.84 bits per heavy atom. The van der Waals surface area contributed by atoms with Gasteiger partial charge >= 0.3 is 6.03 Å². The number of amides is 3. The maximum atomic E-state index is 12.6. The maximum absolute atomic E-state index is 12.6. The van der Waals surface area contributed by atoms with Crippen molar-refractivity contribution in [2.75, 3.05) is 26.2 Å². The molecule has 1 aromatic rings. The van der Waals surface area contributed by atoms with Crippen molar-refractivity contribution >= 4 is 22.0 Å². The molecule has 1 unspecified atom stereocenters. The second-order valence-corrected chi connectivity index (χ2v) is 8.10. The first-order valence-corrected chi connectivity index (χ1v) is 11.4. The zero-order valence-corrected chi connectivity index (χ0v) is 18.8. The quantitative estimate of drug-likeness (QED) is 0.161. The van der Waals surface area contributed by atoms with E-state index in [0.717, 1.165) is 0 Å². The Labute approximate surface area is 183 Å². The third kappa shape index (κ3) is 8.84. The van der Waals surface area contributed by atoms with Gasteiger partial charge in [0.1, 0.15) is 18.4 Å². The third-order valence-electron chi connectivity index (χ3n) is 4.34. The molecule has 4 N–H and O–H groups in total. The number of ether oxygens (including phenoxy) is 1. The summed E-state index contributed by atoms with van der Waals surface area (Å²) in [5.41, 5.74) is 1.47. The summed E-state index contributed by atoms with van der Waals surface area (Å²) >= 11 is 0. The average molecular weight is 455 g/mol. The molecular formula is C20H30N4O6S. The van der Waals surface area contributed by atoms with Gasteiger partial charge in [0, 0.05) is 19.6 Å². The summed E-state index contributed by atoms with van der Waals surface area (Å²) < 4.78 is 32.9. The molecule has 0 aliphatic carbocycles. The minimum Gasteiger partial charge on any atom is -0.481 e. The average Bonchev–Trinajstić information content (AvgIpc) is 2.76. The molecule has 172 valence electrons. The fourth-order valence-corrected chi connectivity index (χ4v) is 3.84. The number of hydroxylamine groups is 1. The molecule has 0 heterocycles. The van der Waals surface area contributed by atoms with E-state index in [1.165, 1.54) is 29.7 Å². The van der Waals surface area contributed by atoms with Crippen LogP contribution in [0, 0.1) is 11.8 Å². The first kappa shape index (κ1) is 26.2. The van der Waals surface area contributed by atoms with Gasteiger partial charge in [0.05, 0.1) is 4.90 Å². The molecule has 11 heteroatoms. The van der Waals surface area contributed by atoms with Gasteiger partial charge in [0.2, 0.25) is 10.0 Å². The Balaban J connectivity index is 2.71. The minimum atomic E-state index is -4.03. The molecule has 0 aliphatic rings. The Morgan fingerprint density at radius 1 is 1.19 bits per heavy atom. The zero-order chi connectivity index (χ0) is 23.3. The van der Waals surface area contributed by atoms with Crippen LogP contribution in [0.4, 0.5) is 4.79 Å². The monoisotopic (exact) mass is 454 g/mol. The van der Waals surface area contributed by atoms with E-state index in [2.05, 4.69) is 21.9 Å². The van der Waals surface area contributed by atoms with E-state index in [0.29, 0.717) is 25.3 Å². The fourth-order valence-electron chi connectivity index (χ4n) is 2.61. The molecule has 31 heavy (non-hydrogen) atoms. The highest BCUT2D eigenvalue weighted by atomic mass is 32.2. The number of sulfonamides is 1. The van der Waals surface area contributed by atoms with Gasteiger partial charge in [-0.2, -0.15) is 4.72 Å². The van der Waals surface area contributed by atoms with Crippen LogP contribution in [0.2, 0.25) is 0 Å². The molecule has 1 atom stereocenters. The lowest BCUT2D eigenvalue weighted by Crippen LogP contribution is -2.46. The number of benzene rings is 1. The van der Waals surface area contributed by atoms with E-state index in [1.54, 1.807) is 11.8 Å². The molecule has 0 saturated heterocycles. The Hall–Kier alpha value is -2.81. The zero-order valence-electron chi connectivity index (χ0n) is 18.0. The number of hydrogen-bond acceptors (Lipinski definition) is 6. The predicted octanol–water partition coefficient (Wildman–Crippen LogP) is 1.07. The van der Waals surface area contributed by atoms with Gasteiger partial charge in [-0.3, -0.25) is 10.0 Å². The van der Waals surface area contributed by atoms with Crippen LogP contribution in [-0.2, 0) is 14.8 Å². The highest BCUT2D eigenvalue weighted by molar-refractivity contribution is 7.89. The van der Waals surface area contributed by atoms with E-state index >= 15 is 0 Å². The number of urea groups is 1. The number of carbonyl (C=O) groups is 2. The molecule has 1 aromatic carbocycles. The molecule has 0 bridgehead atoms. The molecule has 10 nitrogen and oxygen atoms in total. The minimum absolute atomic E-state index is 0.0630. The normalized spacial score (nSPS) is 11.6. The van der Waals surface area contributed by atoms with Crippen molar-refractivity contribution in [3.63, 3.8) is 0 Å². The van der Waals surface area contributed by atoms with Crippen molar-refractivity contribution in [2.24, 2.45) is 0 Å². The molecule has 0 aromatic heterocycles. The number of hydrogen-bond donors (Lipinski definition) is 4. The van der Waals surface area contributed by atoms with Crippen LogP contribution >= 0.6 is 0 Å². The Morgan fingerprint density at radius 3 is 2.39 bits per heavy atom. The topological polar surface area (TPSA) is 137 Å². The molecule has 3 amide bonds. The van der Waals surface area contributed by atoms with Crippen molar-refractivity contribution in [3.8, 4) is 17.6 Å². The summed E-state index contributed by atoms with van der Waals surface area (Å²) in [5, 5.41) is 11.7. The standard InChI is InChI=1S/C20H30N4O6S/c1-4-7-15-30-16-10-12-17(13-11-16)31(28,29)23-18(19(25)22-27)9-8-14-21-20(26)24(5-2)6-3/h10-13,18,23,27H,5-6,8-9,14-15H2,1-3H3,(H,21,26)(H,22,25). The number of nitrogens with one attached hydrogen (secondary N) is 3. The summed E-state index contributed by atoms with van der Waals surface area (Å²) in [5.74, 6) is 4.98. The van der Waals surface area contributed by atoms with Gasteiger partial charge in [-0.05, 0) is 57.9 Å². The van der Waals surface area contributed by atoms with Gasteiger partial charge in [-0.1, -0.05) is 5.92 Å². The van der Waals surface area contributed by atoms with Gasteiger partial charge in [0.25, 0.3) is 5.91 Å². The summed E-state index contributed by atoms with van der Waals surface area (Å²) in [6, 6.07) is 4.20. The summed E-state index contributed by atoms with van der Waals surface area (Å²) in [6.45, 7) is 6.96. The van der Waals surface area contributed by atoms with Crippen molar-refractivity contribution in [3.05, 3.63) is 24.3 Å². The lowest BCUT2D eigenvalue weighted by molar-refractivity contribution is -0.131. The number of nitrogens with zero attached hydrogens (tertiary/aromatic N) is 1. The van der Waals surface area contributed by atoms with Crippen molar-refractivity contribution < 1.29 is 28.0 Å². The molecule has 0 aliphatic heterocycles. The van der Waals surface area contributed by atoms with Crippen LogP contribution in [0.5, 0.6) is 5.75 Å². The smallest absolute Gasteiger partial charge is 0.317 e. The summed E-state index contributed by atoms with van der Waals surface area (Å²) in [4.78, 5) is 25.4. The largest absolute Gasteiger partial charge is 0.481 e. The Bertz CT molecular complexity index is 873. The molecule has 1 rings (SSSR count). The van der Waals surface area contributed by atoms with Crippen LogP contribution in [0.25, 0.3) is 0 Å². The van der Waals surface area contributed by atoms with E-state index < -0.39 is 22.0 Å². The van der Waals surface area contributed by atoms with Crippen LogP contribution in [0.15, 0.2) is 29.2 Å². The third-order valence-corrected chi connectivity index (χ3v) is 5.83. The first-order valence-electron chi connectivity index (χ1n) is 9.90. The van der Waals surface area contributed by atoms with Gasteiger partial charge in [-0.25, -0.2) is 18.7 Å². The summed E-state index contributed by atoms with van der Waals surface area (Å²) in [7, 11) is -4.03. The molecular weight excluding hydrogens is 424 g/mol. The highest BCUT2D eigenvalue weighted by Crippen LogP contribution is 2.16. The SMILES string of the molecule is CC#CCOc1ccc(S(=O)(=O)NC(CCCNC(=O)N(CC)CC)C(=O)NO)cc1. The van der Waals surface area contributed by atoms with Crippen LogP contribution in [0.3, 0.4) is 0 Å². The van der Waals surface area contributed by atoms with Crippen LogP contribution < -0.4 is 20.3 Å². The molecule has 0 radical (unpaired) electrons.